The van der Waals surface area contributed by atoms with Gasteiger partial charge in [-0.25, -0.2) is 4.79 Å². The molecule has 3 heteroatoms. The molecule has 0 aliphatic heterocycles. The standard InChI is InChI=1S/C17H13NO2/c1-12(2)17(19)20-16-9-8-13(11-18)10-15(16)14-6-4-3-5-7-14/h3-10H,1H2,2H3. The number of hydrogen-bond acceptors (Lipinski definition) is 3. The Labute approximate surface area is 117 Å². The summed E-state index contributed by atoms with van der Waals surface area (Å²) in [7, 11) is 0. The van der Waals surface area contributed by atoms with Gasteiger partial charge in [-0.05, 0) is 30.7 Å². The largest absolute Gasteiger partial charge is 0.423 e. The first-order chi connectivity index (χ1) is 9.61. The van der Waals surface area contributed by atoms with Crippen molar-refractivity contribution in [1.82, 2.24) is 0 Å². The third kappa shape index (κ3) is 2.93. The highest BCUT2D eigenvalue weighted by molar-refractivity contribution is 5.90. The fraction of sp³-hybridized carbons (Fsp3) is 0.0588. The maximum Gasteiger partial charge on any atom is 0.338 e. The average molecular weight is 263 g/mol. The molecule has 2 rings (SSSR count). The third-order valence-corrected chi connectivity index (χ3v) is 2.74. The Hall–Kier alpha value is -2.86. The molecule has 0 unspecified atom stereocenters. The molecule has 0 N–H and O–H groups in total. The molecule has 0 atom stereocenters. The first-order valence-electron chi connectivity index (χ1n) is 6.09. The maximum absolute atomic E-state index is 11.7. The van der Waals surface area contributed by atoms with Crippen molar-refractivity contribution in [2.45, 2.75) is 6.92 Å². The van der Waals surface area contributed by atoms with Crippen LogP contribution in [0.3, 0.4) is 0 Å². The van der Waals surface area contributed by atoms with Crippen LogP contribution in [0.25, 0.3) is 11.1 Å². The number of nitriles is 1. The van der Waals surface area contributed by atoms with Gasteiger partial charge in [0.2, 0.25) is 0 Å². The summed E-state index contributed by atoms with van der Waals surface area (Å²) in [4.78, 5) is 11.7. The van der Waals surface area contributed by atoms with Gasteiger partial charge in [0.1, 0.15) is 5.75 Å². The summed E-state index contributed by atoms with van der Waals surface area (Å²) in [6, 6.07) is 16.5. The van der Waals surface area contributed by atoms with Gasteiger partial charge in [-0.3, -0.25) is 0 Å². The van der Waals surface area contributed by atoms with Crippen molar-refractivity contribution < 1.29 is 9.53 Å². The summed E-state index contributed by atoms with van der Waals surface area (Å²) in [6.07, 6.45) is 0. The maximum atomic E-state index is 11.7. The van der Waals surface area contributed by atoms with E-state index in [1.54, 1.807) is 25.1 Å². The fourth-order valence-electron chi connectivity index (χ4n) is 1.72. The van der Waals surface area contributed by atoms with E-state index in [9.17, 15) is 4.79 Å². The molecule has 0 saturated carbocycles. The van der Waals surface area contributed by atoms with E-state index >= 15 is 0 Å². The fourth-order valence-corrected chi connectivity index (χ4v) is 1.72. The molecule has 2 aromatic carbocycles. The second-order valence-corrected chi connectivity index (χ2v) is 4.36. The number of nitrogens with zero attached hydrogens (tertiary/aromatic N) is 1. The second-order valence-electron chi connectivity index (χ2n) is 4.36. The molecule has 0 aromatic heterocycles. The van der Waals surface area contributed by atoms with E-state index in [2.05, 4.69) is 12.6 Å². The molecule has 0 aliphatic rings. The van der Waals surface area contributed by atoms with Crippen molar-refractivity contribution >= 4 is 5.97 Å². The Morgan fingerprint density at radius 1 is 1.20 bits per heavy atom. The lowest BCUT2D eigenvalue weighted by Gasteiger charge is -2.10. The summed E-state index contributed by atoms with van der Waals surface area (Å²) in [6.45, 7) is 5.15. The van der Waals surface area contributed by atoms with Crippen LogP contribution in [0.4, 0.5) is 0 Å². The summed E-state index contributed by atoms with van der Waals surface area (Å²) >= 11 is 0. The van der Waals surface area contributed by atoms with Gasteiger partial charge < -0.3 is 4.74 Å². The van der Waals surface area contributed by atoms with Crippen molar-refractivity contribution in [3.8, 4) is 22.9 Å². The Morgan fingerprint density at radius 3 is 2.50 bits per heavy atom. The van der Waals surface area contributed by atoms with Crippen LogP contribution in [0.1, 0.15) is 12.5 Å². The molecule has 0 fully saturated rings. The van der Waals surface area contributed by atoms with Crippen LogP contribution in [-0.2, 0) is 4.79 Å². The summed E-state index contributed by atoms with van der Waals surface area (Å²) in [5.41, 5.74) is 2.43. The highest BCUT2D eigenvalue weighted by atomic mass is 16.5. The van der Waals surface area contributed by atoms with Crippen molar-refractivity contribution in [2.75, 3.05) is 0 Å². The lowest BCUT2D eigenvalue weighted by atomic mass is 10.0. The Bertz CT molecular complexity index is 697. The Balaban J connectivity index is 2.50. The van der Waals surface area contributed by atoms with Gasteiger partial charge in [0.05, 0.1) is 11.6 Å². The zero-order chi connectivity index (χ0) is 14.5. The van der Waals surface area contributed by atoms with E-state index in [0.717, 1.165) is 5.56 Å². The minimum atomic E-state index is -0.480. The number of carbonyl (C=O) groups excluding carboxylic acids is 1. The van der Waals surface area contributed by atoms with Crippen LogP contribution < -0.4 is 4.74 Å². The van der Waals surface area contributed by atoms with Crippen molar-refractivity contribution in [3.05, 3.63) is 66.2 Å². The quantitative estimate of drug-likeness (QED) is 0.482. The van der Waals surface area contributed by atoms with Gasteiger partial charge in [-0.15, -0.1) is 0 Å². The minimum Gasteiger partial charge on any atom is -0.423 e. The lowest BCUT2D eigenvalue weighted by Crippen LogP contribution is -2.09. The van der Waals surface area contributed by atoms with E-state index in [0.29, 0.717) is 22.4 Å². The third-order valence-electron chi connectivity index (χ3n) is 2.74. The molecule has 2 aromatic rings. The predicted octanol–water partition coefficient (Wildman–Crippen LogP) is 3.71. The predicted molar refractivity (Wildman–Crippen MR) is 77.0 cm³/mol. The van der Waals surface area contributed by atoms with Crippen molar-refractivity contribution in [3.63, 3.8) is 0 Å². The number of ether oxygens (including phenoxy) is 1. The molecule has 20 heavy (non-hydrogen) atoms. The van der Waals surface area contributed by atoms with Gasteiger partial charge in [-0.1, -0.05) is 36.9 Å². The van der Waals surface area contributed by atoms with Gasteiger partial charge in [0, 0.05) is 11.1 Å². The molecule has 0 heterocycles. The van der Waals surface area contributed by atoms with Crippen LogP contribution in [-0.4, -0.2) is 5.97 Å². The molecule has 0 spiro atoms. The van der Waals surface area contributed by atoms with Crippen LogP contribution in [0.5, 0.6) is 5.75 Å². The SMILES string of the molecule is C=C(C)C(=O)Oc1ccc(C#N)cc1-c1ccccc1. The Kier molecular flexibility index (Phi) is 3.97. The molecule has 0 aliphatic carbocycles. The normalized spacial score (nSPS) is 9.60. The van der Waals surface area contributed by atoms with Gasteiger partial charge in [-0.2, -0.15) is 5.26 Å². The van der Waals surface area contributed by atoms with Crippen LogP contribution in [0.15, 0.2) is 60.7 Å². The van der Waals surface area contributed by atoms with E-state index in [1.165, 1.54) is 0 Å². The van der Waals surface area contributed by atoms with Crippen molar-refractivity contribution in [2.24, 2.45) is 0 Å². The van der Waals surface area contributed by atoms with E-state index in [-0.39, 0.29) is 0 Å². The van der Waals surface area contributed by atoms with Gasteiger partial charge in [0.15, 0.2) is 0 Å². The Morgan fingerprint density at radius 2 is 1.90 bits per heavy atom. The molecular weight excluding hydrogens is 250 g/mol. The lowest BCUT2D eigenvalue weighted by molar-refractivity contribution is -0.130. The topological polar surface area (TPSA) is 50.1 Å². The van der Waals surface area contributed by atoms with E-state index < -0.39 is 5.97 Å². The van der Waals surface area contributed by atoms with Crippen LogP contribution in [0, 0.1) is 11.3 Å². The highest BCUT2D eigenvalue weighted by Gasteiger charge is 2.12. The number of esters is 1. The zero-order valence-corrected chi connectivity index (χ0v) is 11.1. The second kappa shape index (κ2) is 5.85. The first-order valence-corrected chi connectivity index (χ1v) is 6.09. The molecule has 0 amide bonds. The minimum absolute atomic E-state index is 0.327. The highest BCUT2D eigenvalue weighted by Crippen LogP contribution is 2.31. The molecule has 0 saturated heterocycles. The molecule has 0 radical (unpaired) electrons. The molecular formula is C17H13NO2. The number of hydrogen-bond donors (Lipinski definition) is 0. The monoisotopic (exact) mass is 263 g/mol. The van der Waals surface area contributed by atoms with Gasteiger partial charge in [0.25, 0.3) is 0 Å². The zero-order valence-electron chi connectivity index (χ0n) is 11.1. The molecule has 0 bridgehead atoms. The first kappa shape index (κ1) is 13.6. The average Bonchev–Trinajstić information content (AvgIpc) is 2.48. The summed E-state index contributed by atoms with van der Waals surface area (Å²) in [5, 5.41) is 9.00. The number of carbonyl (C=O) groups is 1. The van der Waals surface area contributed by atoms with Crippen LogP contribution >= 0.6 is 0 Å². The summed E-state index contributed by atoms with van der Waals surface area (Å²) in [5.74, 6) is -0.0601. The smallest absolute Gasteiger partial charge is 0.338 e. The number of rotatable bonds is 3. The van der Waals surface area contributed by atoms with Gasteiger partial charge >= 0.3 is 5.97 Å². The molecule has 3 nitrogen and oxygen atoms in total. The number of benzene rings is 2. The van der Waals surface area contributed by atoms with Crippen molar-refractivity contribution in [1.29, 1.82) is 5.26 Å². The van der Waals surface area contributed by atoms with E-state index in [1.807, 2.05) is 30.3 Å². The van der Waals surface area contributed by atoms with Crippen LogP contribution in [0.2, 0.25) is 0 Å². The summed E-state index contributed by atoms with van der Waals surface area (Å²) < 4.78 is 5.31. The molecule has 98 valence electrons. The van der Waals surface area contributed by atoms with E-state index in [4.69, 9.17) is 10.00 Å².